The molecule has 3 N–H and O–H groups in total. The number of amides is 1. The van der Waals surface area contributed by atoms with Gasteiger partial charge in [-0.1, -0.05) is 68.9 Å². The number of benzene rings is 2. The summed E-state index contributed by atoms with van der Waals surface area (Å²) >= 11 is 0. The van der Waals surface area contributed by atoms with Gasteiger partial charge in [0.2, 0.25) is 5.91 Å². The maximum absolute atomic E-state index is 12.9. The van der Waals surface area contributed by atoms with Crippen molar-refractivity contribution in [2.24, 2.45) is 11.8 Å². The fraction of sp³-hybridized carbons (Fsp3) is 0.364. The lowest BCUT2D eigenvalue weighted by atomic mass is 9.80. The van der Waals surface area contributed by atoms with Crippen LogP contribution >= 0.6 is 0 Å². The number of anilines is 2. The Morgan fingerprint density at radius 2 is 1.84 bits per heavy atom. The van der Waals surface area contributed by atoms with Gasteiger partial charge in [-0.2, -0.15) is 0 Å². The van der Waals surface area contributed by atoms with Crippen LogP contribution in [0.2, 0.25) is 0 Å². The zero-order chi connectivity index (χ0) is 26.4. The molecule has 0 bridgehead atoms. The SMILES string of the molecule is C=C(NC1C=CC(/C=C/c2cc(NC(=O)C3CCCCC3C)ccc2NC)=CC1)c1ccc(C)c(C)c1. The Morgan fingerprint density at radius 3 is 2.54 bits per heavy atom. The number of nitrogens with one attached hydrogen (secondary N) is 3. The molecule has 4 rings (SSSR count). The van der Waals surface area contributed by atoms with Gasteiger partial charge >= 0.3 is 0 Å². The molecule has 3 atom stereocenters. The molecule has 1 amide bonds. The average Bonchev–Trinajstić information content (AvgIpc) is 2.90. The molecule has 0 spiro atoms. The van der Waals surface area contributed by atoms with Gasteiger partial charge in [0.05, 0.1) is 0 Å². The molecule has 2 aromatic carbocycles. The Kier molecular flexibility index (Phi) is 8.70. The topological polar surface area (TPSA) is 53.2 Å². The van der Waals surface area contributed by atoms with Crippen LogP contribution in [-0.4, -0.2) is 19.0 Å². The highest BCUT2D eigenvalue weighted by molar-refractivity contribution is 5.93. The monoisotopic (exact) mass is 495 g/mol. The highest BCUT2D eigenvalue weighted by Gasteiger charge is 2.27. The fourth-order valence-corrected chi connectivity index (χ4v) is 5.24. The van der Waals surface area contributed by atoms with Crippen molar-refractivity contribution >= 4 is 29.1 Å². The third kappa shape index (κ3) is 6.82. The summed E-state index contributed by atoms with van der Waals surface area (Å²) in [6.07, 6.45) is 16.3. The van der Waals surface area contributed by atoms with Crippen LogP contribution in [0.1, 0.15) is 61.3 Å². The van der Waals surface area contributed by atoms with E-state index in [9.17, 15) is 4.79 Å². The van der Waals surface area contributed by atoms with Crippen molar-refractivity contribution in [1.82, 2.24) is 5.32 Å². The lowest BCUT2D eigenvalue weighted by Gasteiger charge is -2.27. The Hall–Kier alpha value is -3.53. The molecular formula is C33H41N3O. The van der Waals surface area contributed by atoms with E-state index in [0.29, 0.717) is 5.92 Å². The molecule has 3 unspecified atom stereocenters. The van der Waals surface area contributed by atoms with E-state index in [1.807, 2.05) is 19.2 Å². The zero-order valence-corrected chi connectivity index (χ0v) is 22.7. The van der Waals surface area contributed by atoms with E-state index in [4.69, 9.17) is 0 Å². The fourth-order valence-electron chi connectivity index (χ4n) is 5.24. The Labute approximate surface area is 222 Å². The highest BCUT2D eigenvalue weighted by atomic mass is 16.1. The second-order valence-corrected chi connectivity index (χ2v) is 10.6. The van der Waals surface area contributed by atoms with E-state index >= 15 is 0 Å². The first-order chi connectivity index (χ1) is 17.8. The Morgan fingerprint density at radius 1 is 1.03 bits per heavy atom. The van der Waals surface area contributed by atoms with Gasteiger partial charge in [0, 0.05) is 36.1 Å². The van der Waals surface area contributed by atoms with Crippen LogP contribution in [0.5, 0.6) is 0 Å². The molecule has 0 saturated heterocycles. The van der Waals surface area contributed by atoms with Gasteiger partial charge in [-0.25, -0.2) is 0 Å². The van der Waals surface area contributed by atoms with Crippen molar-refractivity contribution < 1.29 is 4.79 Å². The molecule has 4 heteroatoms. The van der Waals surface area contributed by atoms with E-state index in [-0.39, 0.29) is 17.9 Å². The van der Waals surface area contributed by atoms with Crippen LogP contribution in [0.4, 0.5) is 11.4 Å². The van der Waals surface area contributed by atoms with E-state index < -0.39 is 0 Å². The normalized spacial score (nSPS) is 21.4. The van der Waals surface area contributed by atoms with Crippen LogP contribution in [-0.2, 0) is 4.79 Å². The van der Waals surface area contributed by atoms with Crippen molar-refractivity contribution in [2.75, 3.05) is 17.7 Å². The van der Waals surface area contributed by atoms with Crippen LogP contribution in [0, 0.1) is 25.7 Å². The van der Waals surface area contributed by atoms with Crippen molar-refractivity contribution in [2.45, 2.75) is 58.9 Å². The van der Waals surface area contributed by atoms with Crippen molar-refractivity contribution in [3.63, 3.8) is 0 Å². The van der Waals surface area contributed by atoms with Crippen LogP contribution in [0.15, 0.2) is 72.9 Å². The first-order valence-corrected chi connectivity index (χ1v) is 13.6. The Bertz CT molecular complexity index is 1240. The second-order valence-electron chi connectivity index (χ2n) is 10.6. The molecule has 2 aliphatic carbocycles. The van der Waals surface area contributed by atoms with Crippen molar-refractivity contribution in [1.29, 1.82) is 0 Å². The predicted octanol–water partition coefficient (Wildman–Crippen LogP) is 7.64. The summed E-state index contributed by atoms with van der Waals surface area (Å²) in [7, 11) is 1.92. The largest absolute Gasteiger partial charge is 0.388 e. The van der Waals surface area contributed by atoms with Gasteiger partial charge in [-0.15, -0.1) is 0 Å². The van der Waals surface area contributed by atoms with E-state index in [0.717, 1.165) is 53.9 Å². The van der Waals surface area contributed by atoms with Gasteiger partial charge in [-0.3, -0.25) is 4.79 Å². The van der Waals surface area contributed by atoms with E-state index in [2.05, 4.69) is 97.9 Å². The maximum Gasteiger partial charge on any atom is 0.227 e. The quantitative estimate of drug-likeness (QED) is 0.353. The van der Waals surface area contributed by atoms with E-state index in [1.54, 1.807) is 0 Å². The molecule has 4 nitrogen and oxygen atoms in total. The first-order valence-electron chi connectivity index (χ1n) is 13.6. The molecule has 194 valence electrons. The molecular weight excluding hydrogens is 454 g/mol. The van der Waals surface area contributed by atoms with Gasteiger partial charge in [0.15, 0.2) is 0 Å². The summed E-state index contributed by atoms with van der Waals surface area (Å²) in [4.78, 5) is 12.9. The summed E-state index contributed by atoms with van der Waals surface area (Å²) in [6, 6.07) is 12.7. The third-order valence-corrected chi connectivity index (χ3v) is 7.84. The third-order valence-electron chi connectivity index (χ3n) is 7.84. The minimum atomic E-state index is 0.113. The lowest BCUT2D eigenvalue weighted by Crippen LogP contribution is -2.30. The Balaban J connectivity index is 1.37. The predicted molar refractivity (Wildman–Crippen MR) is 158 cm³/mol. The van der Waals surface area contributed by atoms with Crippen LogP contribution in [0.25, 0.3) is 11.8 Å². The summed E-state index contributed by atoms with van der Waals surface area (Å²) in [5, 5.41) is 9.98. The van der Waals surface area contributed by atoms with Crippen molar-refractivity contribution in [3.05, 3.63) is 95.1 Å². The number of rotatable bonds is 8. The minimum Gasteiger partial charge on any atom is -0.388 e. The summed E-state index contributed by atoms with van der Waals surface area (Å²) in [5.41, 5.74) is 8.76. The number of hydrogen-bond acceptors (Lipinski definition) is 3. The van der Waals surface area contributed by atoms with E-state index in [1.165, 1.54) is 23.1 Å². The van der Waals surface area contributed by atoms with Crippen molar-refractivity contribution in [3.8, 4) is 0 Å². The summed E-state index contributed by atoms with van der Waals surface area (Å²) < 4.78 is 0. The summed E-state index contributed by atoms with van der Waals surface area (Å²) in [5.74, 6) is 0.714. The van der Waals surface area contributed by atoms with Gasteiger partial charge in [-0.05, 0) is 91.1 Å². The standard InChI is InChI=1S/C33H41N3O/c1-22-10-14-27(20-24(22)3)25(4)35-29-16-12-26(13-17-29)11-15-28-21-30(18-19-32(28)34-5)36-33(37)31-9-7-6-8-23(31)2/h10-16,18-21,23,29,31,34-35H,4,6-9,17H2,1-3,5H3,(H,36,37)/b15-11+. The molecule has 37 heavy (non-hydrogen) atoms. The smallest absolute Gasteiger partial charge is 0.227 e. The van der Waals surface area contributed by atoms with Crippen LogP contribution in [0.3, 0.4) is 0 Å². The molecule has 0 radical (unpaired) electrons. The molecule has 0 aromatic heterocycles. The van der Waals surface area contributed by atoms with Gasteiger partial charge in [0.1, 0.15) is 0 Å². The molecule has 1 fully saturated rings. The lowest BCUT2D eigenvalue weighted by molar-refractivity contribution is -0.122. The highest BCUT2D eigenvalue weighted by Crippen LogP contribution is 2.31. The molecule has 0 heterocycles. The average molecular weight is 496 g/mol. The first kappa shape index (κ1) is 26.5. The number of carbonyl (C=O) groups excluding carboxylic acids is 1. The maximum atomic E-state index is 12.9. The molecule has 0 aliphatic heterocycles. The number of hydrogen-bond donors (Lipinski definition) is 3. The minimum absolute atomic E-state index is 0.113. The molecule has 2 aromatic rings. The summed E-state index contributed by atoms with van der Waals surface area (Å²) in [6.45, 7) is 10.7. The second kappa shape index (κ2) is 12.1. The van der Waals surface area contributed by atoms with Gasteiger partial charge in [0.25, 0.3) is 0 Å². The zero-order valence-electron chi connectivity index (χ0n) is 22.7. The molecule has 1 saturated carbocycles. The number of carbonyl (C=O) groups is 1. The number of allylic oxidation sites excluding steroid dienone is 3. The van der Waals surface area contributed by atoms with Gasteiger partial charge < -0.3 is 16.0 Å². The van der Waals surface area contributed by atoms with Crippen LogP contribution < -0.4 is 16.0 Å². The number of aryl methyl sites for hydroxylation is 2. The molecule has 2 aliphatic rings.